The Kier molecular flexibility index (Phi) is 3.89. The summed E-state index contributed by atoms with van der Waals surface area (Å²) in [6.45, 7) is 4.58. The van der Waals surface area contributed by atoms with E-state index in [-0.39, 0.29) is 5.75 Å². The maximum Gasteiger partial charge on any atom is 0.167 e. The van der Waals surface area contributed by atoms with E-state index in [0.717, 1.165) is 21.0 Å². The summed E-state index contributed by atoms with van der Waals surface area (Å²) in [6.07, 6.45) is 1.42. The third kappa shape index (κ3) is 2.71. The van der Waals surface area contributed by atoms with E-state index in [0.29, 0.717) is 17.9 Å². The number of rotatable bonds is 4. The molecular formula is C15H15FN4OS. The highest BCUT2D eigenvalue weighted by atomic mass is 32.1. The molecule has 2 heterocycles. The molecule has 2 aromatic heterocycles. The fourth-order valence-corrected chi connectivity index (χ4v) is 3.13. The fraction of sp³-hybridized carbons (Fsp3) is 0.267. The standard InChI is InChI=1S/C15H15FN4OS/c1-8-14(22-9(2)20-8)6-17-15-10-4-13(21-3)11(16)5-12(10)18-7-19-15/h4-5,7H,6H2,1-3H3,(H,17,18,19). The summed E-state index contributed by atoms with van der Waals surface area (Å²) in [5, 5.41) is 5.03. The number of aryl methyl sites for hydroxylation is 2. The van der Waals surface area contributed by atoms with Gasteiger partial charge in [0.2, 0.25) is 0 Å². The zero-order valence-corrected chi connectivity index (χ0v) is 13.3. The van der Waals surface area contributed by atoms with Gasteiger partial charge in [0.1, 0.15) is 12.1 Å². The summed E-state index contributed by atoms with van der Waals surface area (Å²) in [6, 6.07) is 2.96. The van der Waals surface area contributed by atoms with Crippen molar-refractivity contribution in [2.75, 3.05) is 12.4 Å². The van der Waals surface area contributed by atoms with Gasteiger partial charge in [-0.05, 0) is 19.9 Å². The Morgan fingerprint density at radius 1 is 1.27 bits per heavy atom. The topological polar surface area (TPSA) is 59.9 Å². The molecule has 1 N–H and O–H groups in total. The Hall–Kier alpha value is -2.28. The van der Waals surface area contributed by atoms with Crippen molar-refractivity contribution in [2.24, 2.45) is 0 Å². The van der Waals surface area contributed by atoms with E-state index in [2.05, 4.69) is 20.3 Å². The average Bonchev–Trinajstić information content (AvgIpc) is 2.82. The Morgan fingerprint density at radius 3 is 2.77 bits per heavy atom. The Labute approximate surface area is 131 Å². The predicted octanol–water partition coefficient (Wildman–Crippen LogP) is 3.46. The highest BCUT2D eigenvalue weighted by molar-refractivity contribution is 7.11. The van der Waals surface area contributed by atoms with Crippen LogP contribution in [0.2, 0.25) is 0 Å². The van der Waals surface area contributed by atoms with Crippen LogP contribution in [0.3, 0.4) is 0 Å². The van der Waals surface area contributed by atoms with Gasteiger partial charge in [-0.15, -0.1) is 11.3 Å². The zero-order chi connectivity index (χ0) is 15.7. The minimum absolute atomic E-state index is 0.176. The van der Waals surface area contributed by atoms with E-state index in [9.17, 15) is 4.39 Å². The lowest BCUT2D eigenvalue weighted by molar-refractivity contribution is 0.387. The second-order valence-corrected chi connectivity index (χ2v) is 6.11. The Bertz CT molecular complexity index is 834. The van der Waals surface area contributed by atoms with E-state index >= 15 is 0 Å². The van der Waals surface area contributed by atoms with Gasteiger partial charge >= 0.3 is 0 Å². The predicted molar refractivity (Wildman–Crippen MR) is 85.0 cm³/mol. The fourth-order valence-electron chi connectivity index (χ4n) is 2.26. The number of methoxy groups -OCH3 is 1. The molecule has 0 atom stereocenters. The number of hydrogen-bond donors (Lipinski definition) is 1. The summed E-state index contributed by atoms with van der Waals surface area (Å²) in [7, 11) is 1.44. The number of ether oxygens (including phenoxy) is 1. The molecule has 0 saturated carbocycles. The van der Waals surface area contributed by atoms with Crippen LogP contribution >= 0.6 is 11.3 Å². The lowest BCUT2D eigenvalue weighted by Gasteiger charge is -2.09. The van der Waals surface area contributed by atoms with E-state index in [1.54, 1.807) is 17.4 Å². The quantitative estimate of drug-likeness (QED) is 0.798. The van der Waals surface area contributed by atoms with Crippen molar-refractivity contribution in [2.45, 2.75) is 20.4 Å². The van der Waals surface area contributed by atoms with Crippen molar-refractivity contribution >= 4 is 28.1 Å². The Morgan fingerprint density at radius 2 is 2.09 bits per heavy atom. The van der Waals surface area contributed by atoms with Gasteiger partial charge < -0.3 is 10.1 Å². The molecule has 7 heteroatoms. The highest BCUT2D eigenvalue weighted by Gasteiger charge is 2.11. The van der Waals surface area contributed by atoms with Crippen LogP contribution in [0.25, 0.3) is 10.9 Å². The van der Waals surface area contributed by atoms with Gasteiger partial charge in [-0.25, -0.2) is 19.3 Å². The molecule has 0 fully saturated rings. The highest BCUT2D eigenvalue weighted by Crippen LogP contribution is 2.28. The lowest BCUT2D eigenvalue weighted by Crippen LogP contribution is -2.03. The van der Waals surface area contributed by atoms with E-state index in [4.69, 9.17) is 4.74 Å². The second-order valence-electron chi connectivity index (χ2n) is 4.82. The van der Waals surface area contributed by atoms with Crippen molar-refractivity contribution in [1.29, 1.82) is 0 Å². The summed E-state index contributed by atoms with van der Waals surface area (Å²) >= 11 is 1.65. The van der Waals surface area contributed by atoms with Crippen molar-refractivity contribution < 1.29 is 9.13 Å². The molecule has 0 aliphatic heterocycles. The average molecular weight is 318 g/mol. The van der Waals surface area contributed by atoms with Crippen molar-refractivity contribution in [1.82, 2.24) is 15.0 Å². The van der Waals surface area contributed by atoms with Crippen LogP contribution in [0.4, 0.5) is 10.2 Å². The van der Waals surface area contributed by atoms with Gasteiger partial charge in [0.25, 0.3) is 0 Å². The van der Waals surface area contributed by atoms with Crippen LogP contribution in [0, 0.1) is 19.7 Å². The van der Waals surface area contributed by atoms with Crippen molar-refractivity contribution in [3.05, 3.63) is 39.9 Å². The summed E-state index contributed by atoms with van der Waals surface area (Å²) in [5.74, 6) is 0.387. The largest absolute Gasteiger partial charge is 0.494 e. The molecule has 0 unspecified atom stereocenters. The number of halogens is 1. The SMILES string of the molecule is COc1cc2c(NCc3sc(C)nc3C)ncnc2cc1F. The first-order valence-corrected chi connectivity index (χ1v) is 7.55. The smallest absolute Gasteiger partial charge is 0.167 e. The van der Waals surface area contributed by atoms with Crippen LogP contribution < -0.4 is 10.1 Å². The number of nitrogens with zero attached hydrogens (tertiary/aromatic N) is 3. The summed E-state index contributed by atoms with van der Waals surface area (Å²) in [4.78, 5) is 13.9. The molecule has 0 aliphatic carbocycles. The van der Waals surface area contributed by atoms with Crippen molar-refractivity contribution in [3.63, 3.8) is 0 Å². The number of aromatic nitrogens is 3. The zero-order valence-electron chi connectivity index (χ0n) is 12.5. The van der Waals surface area contributed by atoms with Gasteiger partial charge in [0.05, 0.1) is 29.9 Å². The van der Waals surface area contributed by atoms with E-state index < -0.39 is 5.82 Å². The van der Waals surface area contributed by atoms with E-state index in [1.807, 2.05) is 13.8 Å². The normalized spacial score (nSPS) is 10.9. The van der Waals surface area contributed by atoms with Crippen LogP contribution in [0.15, 0.2) is 18.5 Å². The third-order valence-electron chi connectivity index (χ3n) is 3.32. The molecule has 0 aliphatic rings. The monoisotopic (exact) mass is 318 g/mol. The summed E-state index contributed by atoms with van der Waals surface area (Å²) in [5.41, 5.74) is 1.55. The van der Waals surface area contributed by atoms with Gasteiger partial charge in [-0.2, -0.15) is 0 Å². The maximum absolute atomic E-state index is 13.7. The molecule has 0 saturated heterocycles. The third-order valence-corrected chi connectivity index (χ3v) is 4.40. The first kappa shape index (κ1) is 14.6. The first-order chi connectivity index (χ1) is 10.6. The molecule has 3 rings (SSSR count). The molecule has 0 bridgehead atoms. The molecule has 5 nitrogen and oxygen atoms in total. The van der Waals surface area contributed by atoms with Gasteiger partial charge in [0.15, 0.2) is 11.6 Å². The number of thiazole rings is 1. The van der Waals surface area contributed by atoms with Gasteiger partial charge in [0, 0.05) is 16.3 Å². The second kappa shape index (κ2) is 5.84. The van der Waals surface area contributed by atoms with Crippen LogP contribution in [0.5, 0.6) is 5.75 Å². The molecular weight excluding hydrogens is 303 g/mol. The minimum Gasteiger partial charge on any atom is -0.494 e. The molecule has 0 radical (unpaired) electrons. The van der Waals surface area contributed by atoms with Crippen LogP contribution in [0.1, 0.15) is 15.6 Å². The first-order valence-electron chi connectivity index (χ1n) is 6.73. The number of fused-ring (bicyclic) bond motifs is 1. The molecule has 114 valence electrons. The van der Waals surface area contributed by atoms with Crippen molar-refractivity contribution in [3.8, 4) is 5.75 Å². The van der Waals surface area contributed by atoms with Crippen LogP contribution in [-0.4, -0.2) is 22.1 Å². The maximum atomic E-state index is 13.7. The molecule has 22 heavy (non-hydrogen) atoms. The van der Waals surface area contributed by atoms with Gasteiger partial charge in [-0.1, -0.05) is 0 Å². The lowest BCUT2D eigenvalue weighted by atomic mass is 10.2. The van der Waals surface area contributed by atoms with Crippen LogP contribution in [-0.2, 0) is 6.54 Å². The number of benzene rings is 1. The molecule has 0 spiro atoms. The number of anilines is 1. The number of nitrogens with one attached hydrogen (secondary N) is 1. The van der Waals surface area contributed by atoms with Gasteiger partial charge in [-0.3, -0.25) is 0 Å². The summed E-state index contributed by atoms with van der Waals surface area (Å²) < 4.78 is 18.8. The number of hydrogen-bond acceptors (Lipinski definition) is 6. The molecule has 3 aromatic rings. The molecule has 0 amide bonds. The minimum atomic E-state index is -0.437. The van der Waals surface area contributed by atoms with E-state index in [1.165, 1.54) is 19.5 Å². The molecule has 1 aromatic carbocycles. The Balaban J connectivity index is 1.94.